The number of fused-ring (bicyclic) bond motifs is 1. The maximum atomic E-state index is 9.07. The highest BCUT2D eigenvalue weighted by molar-refractivity contribution is 6.76. The first-order chi connectivity index (χ1) is 8.99. The SMILES string of the molecule is C[Si](C)(C)CCOCn1ncc2cc(CO)cnc21. The van der Waals surface area contributed by atoms with Crippen molar-refractivity contribution in [2.75, 3.05) is 6.61 Å². The molecule has 5 nitrogen and oxygen atoms in total. The minimum absolute atomic E-state index is 0.000824. The van der Waals surface area contributed by atoms with Gasteiger partial charge < -0.3 is 9.84 Å². The number of pyridine rings is 1. The Kier molecular flexibility index (Phi) is 4.33. The van der Waals surface area contributed by atoms with Gasteiger partial charge in [0.15, 0.2) is 5.65 Å². The van der Waals surface area contributed by atoms with Gasteiger partial charge in [0.05, 0.1) is 12.8 Å². The summed E-state index contributed by atoms with van der Waals surface area (Å²) < 4.78 is 7.42. The van der Waals surface area contributed by atoms with Crippen LogP contribution in [0.1, 0.15) is 5.56 Å². The van der Waals surface area contributed by atoms with E-state index in [-0.39, 0.29) is 6.61 Å². The van der Waals surface area contributed by atoms with Gasteiger partial charge >= 0.3 is 0 Å². The van der Waals surface area contributed by atoms with E-state index in [1.54, 1.807) is 17.1 Å². The number of aliphatic hydroxyl groups excluding tert-OH is 1. The first-order valence-corrected chi connectivity index (χ1v) is 10.2. The molecule has 2 aromatic heterocycles. The topological polar surface area (TPSA) is 60.2 Å². The minimum Gasteiger partial charge on any atom is -0.392 e. The predicted octanol–water partition coefficient (Wildman–Crippen LogP) is 2.24. The van der Waals surface area contributed by atoms with Crippen molar-refractivity contribution in [1.29, 1.82) is 0 Å². The van der Waals surface area contributed by atoms with Crippen LogP contribution in [-0.2, 0) is 18.1 Å². The zero-order valence-electron chi connectivity index (χ0n) is 11.8. The molecule has 1 N–H and O–H groups in total. The van der Waals surface area contributed by atoms with Crippen molar-refractivity contribution < 1.29 is 9.84 Å². The second-order valence-corrected chi connectivity index (χ2v) is 11.5. The van der Waals surface area contributed by atoms with Gasteiger partial charge in [-0.3, -0.25) is 0 Å². The molecule has 2 aromatic rings. The molecule has 0 aliphatic heterocycles. The van der Waals surface area contributed by atoms with Crippen LogP contribution in [0.25, 0.3) is 11.0 Å². The molecule has 0 bridgehead atoms. The van der Waals surface area contributed by atoms with Gasteiger partial charge in [0.2, 0.25) is 0 Å². The summed E-state index contributed by atoms with van der Waals surface area (Å²) in [5.41, 5.74) is 1.59. The lowest BCUT2D eigenvalue weighted by Gasteiger charge is -2.15. The van der Waals surface area contributed by atoms with Crippen LogP contribution in [-0.4, -0.2) is 34.6 Å². The number of nitrogens with zero attached hydrogens (tertiary/aromatic N) is 3. The van der Waals surface area contributed by atoms with E-state index in [2.05, 4.69) is 29.7 Å². The molecule has 19 heavy (non-hydrogen) atoms. The van der Waals surface area contributed by atoms with E-state index >= 15 is 0 Å². The van der Waals surface area contributed by atoms with E-state index in [0.717, 1.165) is 29.2 Å². The smallest absolute Gasteiger partial charge is 0.160 e. The summed E-state index contributed by atoms with van der Waals surface area (Å²) in [4.78, 5) is 4.31. The van der Waals surface area contributed by atoms with Gasteiger partial charge in [-0.15, -0.1) is 0 Å². The van der Waals surface area contributed by atoms with Crippen LogP contribution in [0.5, 0.6) is 0 Å². The van der Waals surface area contributed by atoms with Crippen LogP contribution in [0.2, 0.25) is 25.7 Å². The first-order valence-electron chi connectivity index (χ1n) is 6.49. The van der Waals surface area contributed by atoms with Gasteiger partial charge in [0.25, 0.3) is 0 Å². The molecule has 2 rings (SSSR count). The third-order valence-corrected chi connectivity index (χ3v) is 4.63. The Morgan fingerprint density at radius 3 is 2.79 bits per heavy atom. The highest BCUT2D eigenvalue weighted by atomic mass is 28.3. The summed E-state index contributed by atoms with van der Waals surface area (Å²) in [6, 6.07) is 3.04. The number of aliphatic hydroxyl groups is 1. The average Bonchev–Trinajstić information content (AvgIpc) is 2.75. The number of hydrogen-bond acceptors (Lipinski definition) is 4. The summed E-state index contributed by atoms with van der Waals surface area (Å²) in [7, 11) is -1.04. The highest BCUT2D eigenvalue weighted by Gasteiger charge is 2.12. The second kappa shape index (κ2) is 5.81. The Labute approximate surface area is 114 Å². The number of aromatic nitrogens is 3. The monoisotopic (exact) mass is 279 g/mol. The van der Waals surface area contributed by atoms with Crippen molar-refractivity contribution in [2.24, 2.45) is 0 Å². The van der Waals surface area contributed by atoms with E-state index in [4.69, 9.17) is 9.84 Å². The lowest BCUT2D eigenvalue weighted by atomic mass is 10.2. The van der Waals surface area contributed by atoms with Gasteiger partial charge in [0.1, 0.15) is 6.73 Å². The van der Waals surface area contributed by atoms with E-state index in [1.807, 2.05) is 6.07 Å². The zero-order chi connectivity index (χ0) is 13.9. The molecule has 104 valence electrons. The Bertz CT molecular complexity index is 548. The van der Waals surface area contributed by atoms with E-state index in [1.165, 1.54) is 0 Å². The third-order valence-electron chi connectivity index (χ3n) is 2.92. The Balaban J connectivity index is 1.98. The molecular formula is C13H21N3O2Si. The average molecular weight is 279 g/mol. The largest absolute Gasteiger partial charge is 0.392 e. The van der Waals surface area contributed by atoms with Crippen LogP contribution in [0, 0.1) is 0 Å². The fourth-order valence-electron chi connectivity index (χ4n) is 1.73. The fraction of sp³-hybridized carbons (Fsp3) is 0.538. The number of ether oxygens (including phenoxy) is 1. The minimum atomic E-state index is -1.04. The molecule has 0 atom stereocenters. The first kappa shape index (κ1) is 14.2. The van der Waals surface area contributed by atoms with Gasteiger partial charge in [-0.2, -0.15) is 5.10 Å². The summed E-state index contributed by atoms with van der Waals surface area (Å²) in [5.74, 6) is 0. The molecule has 0 saturated heterocycles. The lowest BCUT2D eigenvalue weighted by Crippen LogP contribution is -2.22. The van der Waals surface area contributed by atoms with Crippen molar-refractivity contribution in [1.82, 2.24) is 14.8 Å². The van der Waals surface area contributed by atoms with E-state index in [0.29, 0.717) is 6.73 Å². The second-order valence-electron chi connectivity index (χ2n) is 5.91. The van der Waals surface area contributed by atoms with Crippen molar-refractivity contribution >= 4 is 19.1 Å². The Hall–Kier alpha value is -1.24. The van der Waals surface area contributed by atoms with Gasteiger partial charge in [-0.1, -0.05) is 19.6 Å². The van der Waals surface area contributed by atoms with Gasteiger partial charge in [-0.05, 0) is 17.7 Å². The molecule has 0 unspecified atom stereocenters. The molecule has 0 spiro atoms. The highest BCUT2D eigenvalue weighted by Crippen LogP contribution is 2.13. The Morgan fingerprint density at radius 1 is 1.32 bits per heavy atom. The Morgan fingerprint density at radius 2 is 2.11 bits per heavy atom. The van der Waals surface area contributed by atoms with Crippen molar-refractivity contribution in [3.63, 3.8) is 0 Å². The number of rotatable bonds is 6. The maximum Gasteiger partial charge on any atom is 0.160 e. The molecule has 0 aliphatic rings. The van der Waals surface area contributed by atoms with Crippen LogP contribution >= 0.6 is 0 Å². The van der Waals surface area contributed by atoms with Crippen LogP contribution in [0.4, 0.5) is 0 Å². The third kappa shape index (κ3) is 3.86. The molecule has 0 aliphatic carbocycles. The molecular weight excluding hydrogens is 258 g/mol. The van der Waals surface area contributed by atoms with E-state index in [9.17, 15) is 0 Å². The van der Waals surface area contributed by atoms with Crippen molar-refractivity contribution in [3.8, 4) is 0 Å². The molecule has 0 radical (unpaired) electrons. The fourth-order valence-corrected chi connectivity index (χ4v) is 2.48. The van der Waals surface area contributed by atoms with Gasteiger partial charge in [-0.25, -0.2) is 9.67 Å². The summed E-state index contributed by atoms with van der Waals surface area (Å²) in [6.07, 6.45) is 3.42. The quantitative estimate of drug-likeness (QED) is 0.651. The summed E-state index contributed by atoms with van der Waals surface area (Å²) in [5, 5.41) is 14.3. The predicted molar refractivity (Wildman–Crippen MR) is 77.6 cm³/mol. The standard InChI is InChI=1S/C13H21N3O2Si/c1-19(2,3)5-4-18-10-16-13-12(8-15-16)6-11(9-17)7-14-13/h6-8,17H,4-5,9-10H2,1-3H3. The normalized spacial score (nSPS) is 12.2. The molecule has 0 aromatic carbocycles. The van der Waals surface area contributed by atoms with Crippen LogP contribution in [0.15, 0.2) is 18.5 Å². The molecule has 0 amide bonds. The van der Waals surface area contributed by atoms with Crippen LogP contribution in [0.3, 0.4) is 0 Å². The maximum absolute atomic E-state index is 9.07. The van der Waals surface area contributed by atoms with Crippen LogP contribution < -0.4 is 0 Å². The van der Waals surface area contributed by atoms with Gasteiger partial charge in [0, 0.05) is 26.3 Å². The summed E-state index contributed by atoms with van der Waals surface area (Å²) in [6.45, 7) is 8.19. The zero-order valence-corrected chi connectivity index (χ0v) is 12.8. The molecule has 0 saturated carbocycles. The van der Waals surface area contributed by atoms with E-state index < -0.39 is 8.07 Å². The molecule has 0 fully saturated rings. The van der Waals surface area contributed by atoms with Crippen molar-refractivity contribution in [3.05, 3.63) is 24.0 Å². The lowest BCUT2D eigenvalue weighted by molar-refractivity contribution is 0.0813. The number of hydrogen-bond donors (Lipinski definition) is 1. The molecule has 2 heterocycles. The van der Waals surface area contributed by atoms with Crippen molar-refractivity contribution in [2.45, 2.75) is 39.0 Å². The summed E-state index contributed by atoms with van der Waals surface area (Å²) >= 11 is 0. The molecule has 6 heteroatoms.